The average Bonchev–Trinajstić information content (AvgIpc) is 3.54. The molecular weight excluding hydrogens is 396 g/mol. The van der Waals surface area contributed by atoms with E-state index in [2.05, 4.69) is 0 Å². The van der Waals surface area contributed by atoms with Gasteiger partial charge in [-0.05, 0) is 12.8 Å². The van der Waals surface area contributed by atoms with Crippen molar-refractivity contribution in [3.63, 3.8) is 0 Å². The van der Waals surface area contributed by atoms with Gasteiger partial charge in [-0.3, -0.25) is 0 Å². The number of methoxy groups -OCH3 is 3. The van der Waals surface area contributed by atoms with Crippen LogP contribution in [0.1, 0.15) is 38.5 Å². The van der Waals surface area contributed by atoms with Crippen LogP contribution >= 0.6 is 0 Å². The monoisotopic (exact) mass is 438 g/mol. The third kappa shape index (κ3) is 15.4. The van der Waals surface area contributed by atoms with Crippen LogP contribution in [0.25, 0.3) is 0 Å². The number of ether oxygens (including phenoxy) is 5. The molecular formula is C20H42O8Si. The van der Waals surface area contributed by atoms with E-state index >= 15 is 0 Å². The van der Waals surface area contributed by atoms with E-state index in [0.29, 0.717) is 45.7 Å². The van der Waals surface area contributed by atoms with E-state index in [0.717, 1.165) is 45.1 Å². The summed E-state index contributed by atoms with van der Waals surface area (Å²) >= 11 is 0. The van der Waals surface area contributed by atoms with Gasteiger partial charge in [-0.15, -0.1) is 0 Å². The lowest BCUT2D eigenvalue weighted by atomic mass is 10.1. The number of epoxide rings is 1. The van der Waals surface area contributed by atoms with Gasteiger partial charge >= 0.3 is 8.80 Å². The third-order valence-corrected chi connectivity index (χ3v) is 7.45. The van der Waals surface area contributed by atoms with Crippen molar-refractivity contribution < 1.29 is 37.0 Å². The van der Waals surface area contributed by atoms with E-state index in [-0.39, 0.29) is 0 Å². The van der Waals surface area contributed by atoms with Gasteiger partial charge in [0.1, 0.15) is 6.10 Å². The molecule has 1 heterocycles. The smallest absolute Gasteiger partial charge is 0.382 e. The zero-order chi connectivity index (χ0) is 21.0. The second-order valence-electron chi connectivity index (χ2n) is 7.11. The second-order valence-corrected chi connectivity index (χ2v) is 9.84. The normalized spacial score (nSPS) is 16.4. The molecule has 0 saturated carbocycles. The number of hydrogen-bond donors (Lipinski definition) is 0. The Kier molecular flexibility index (Phi) is 17.3. The summed E-state index contributed by atoms with van der Waals surface area (Å²) in [6.45, 7) is 5.41. The maximum atomic E-state index is 6.09. The largest absolute Gasteiger partial charge is 0.501 e. The van der Waals surface area contributed by atoms with Crippen LogP contribution < -0.4 is 0 Å². The Morgan fingerprint density at radius 2 is 1.14 bits per heavy atom. The molecule has 0 amide bonds. The first kappa shape index (κ1) is 26.9. The molecule has 0 N–H and O–H groups in total. The summed E-state index contributed by atoms with van der Waals surface area (Å²) in [5, 5.41) is 0. The van der Waals surface area contributed by atoms with Crippen LogP contribution in [-0.4, -0.2) is 95.7 Å². The number of rotatable bonds is 23. The topological polar surface area (TPSA) is 77.1 Å². The molecule has 1 aliphatic heterocycles. The molecule has 1 unspecified atom stereocenters. The predicted molar refractivity (Wildman–Crippen MR) is 112 cm³/mol. The summed E-state index contributed by atoms with van der Waals surface area (Å²) < 4.78 is 44.3. The van der Waals surface area contributed by atoms with Crippen LogP contribution in [0.5, 0.6) is 0 Å². The molecule has 1 rings (SSSR count). The standard InChI is InChI=1S/C20H42O8Si/c1-21-11-14-26-29(27-15-12-22-2,28-16-13-23-3)17-9-7-5-4-6-8-10-24-18-20-19-25-20/h20H,4-19H2,1-3H3. The van der Waals surface area contributed by atoms with Gasteiger partial charge in [0.15, 0.2) is 0 Å². The quantitative estimate of drug-likeness (QED) is 0.137. The Hall–Kier alpha value is -0.103. The summed E-state index contributed by atoms with van der Waals surface area (Å²) in [6.07, 6.45) is 7.26. The van der Waals surface area contributed by atoms with Crippen LogP contribution in [0.4, 0.5) is 0 Å². The lowest BCUT2D eigenvalue weighted by Gasteiger charge is -2.29. The highest BCUT2D eigenvalue weighted by Crippen LogP contribution is 2.21. The minimum atomic E-state index is -2.77. The second kappa shape index (κ2) is 18.6. The summed E-state index contributed by atoms with van der Waals surface area (Å²) in [5.74, 6) is 0. The maximum absolute atomic E-state index is 6.09. The molecule has 1 saturated heterocycles. The van der Waals surface area contributed by atoms with Crippen molar-refractivity contribution in [2.45, 2.75) is 50.7 Å². The third-order valence-electron chi connectivity index (χ3n) is 4.56. The van der Waals surface area contributed by atoms with Gasteiger partial charge in [-0.2, -0.15) is 0 Å². The molecule has 0 aromatic rings. The van der Waals surface area contributed by atoms with E-state index in [1.165, 1.54) is 19.3 Å². The van der Waals surface area contributed by atoms with Crippen molar-refractivity contribution in [1.29, 1.82) is 0 Å². The molecule has 174 valence electrons. The molecule has 9 heteroatoms. The van der Waals surface area contributed by atoms with Crippen molar-refractivity contribution in [1.82, 2.24) is 0 Å². The van der Waals surface area contributed by atoms with Crippen molar-refractivity contribution in [2.75, 3.05) is 80.8 Å². The van der Waals surface area contributed by atoms with Crippen molar-refractivity contribution in [3.05, 3.63) is 0 Å². The lowest BCUT2D eigenvalue weighted by Crippen LogP contribution is -2.48. The Bertz CT molecular complexity index is 331. The van der Waals surface area contributed by atoms with E-state index in [9.17, 15) is 0 Å². The minimum absolute atomic E-state index is 0.364. The fraction of sp³-hybridized carbons (Fsp3) is 1.00. The van der Waals surface area contributed by atoms with E-state index in [4.69, 9.17) is 37.0 Å². The van der Waals surface area contributed by atoms with E-state index < -0.39 is 8.80 Å². The van der Waals surface area contributed by atoms with Gasteiger partial charge in [0.25, 0.3) is 0 Å². The molecule has 8 nitrogen and oxygen atoms in total. The Labute approximate surface area is 177 Å². The van der Waals surface area contributed by atoms with Gasteiger partial charge in [-0.1, -0.05) is 25.7 Å². The van der Waals surface area contributed by atoms with Gasteiger partial charge in [0, 0.05) is 34.0 Å². The first-order valence-electron chi connectivity index (χ1n) is 10.8. The first-order valence-corrected chi connectivity index (χ1v) is 12.8. The van der Waals surface area contributed by atoms with Crippen LogP contribution in [0, 0.1) is 0 Å². The van der Waals surface area contributed by atoms with Crippen LogP contribution in [0.3, 0.4) is 0 Å². The Morgan fingerprint density at radius 1 is 0.655 bits per heavy atom. The lowest BCUT2D eigenvalue weighted by molar-refractivity contribution is 0.0142. The van der Waals surface area contributed by atoms with Crippen molar-refractivity contribution >= 4 is 8.80 Å². The Morgan fingerprint density at radius 3 is 1.62 bits per heavy atom. The highest BCUT2D eigenvalue weighted by Gasteiger charge is 2.40. The SMILES string of the molecule is COCCO[Si](CCCCCCCCOCC1CO1)(OCCOC)OCCOC. The summed E-state index contributed by atoms with van der Waals surface area (Å²) in [7, 11) is 2.21. The zero-order valence-electron chi connectivity index (χ0n) is 18.7. The fourth-order valence-corrected chi connectivity index (χ4v) is 5.36. The molecule has 0 radical (unpaired) electrons. The molecule has 0 aromatic carbocycles. The van der Waals surface area contributed by atoms with Gasteiger partial charge < -0.3 is 37.0 Å². The zero-order valence-corrected chi connectivity index (χ0v) is 19.7. The Balaban J connectivity index is 2.24. The van der Waals surface area contributed by atoms with Crippen LogP contribution in [0.15, 0.2) is 0 Å². The summed E-state index contributed by atoms with van der Waals surface area (Å²) in [4.78, 5) is 0. The highest BCUT2D eigenvalue weighted by molar-refractivity contribution is 6.60. The molecule has 0 spiro atoms. The van der Waals surface area contributed by atoms with Gasteiger partial charge in [0.05, 0.1) is 52.9 Å². The maximum Gasteiger partial charge on any atom is 0.501 e. The molecule has 29 heavy (non-hydrogen) atoms. The average molecular weight is 439 g/mol. The fourth-order valence-electron chi connectivity index (χ4n) is 2.81. The van der Waals surface area contributed by atoms with Gasteiger partial charge in [0.2, 0.25) is 0 Å². The van der Waals surface area contributed by atoms with E-state index in [1.54, 1.807) is 21.3 Å². The molecule has 1 aliphatic rings. The molecule has 0 aromatic heterocycles. The molecule has 0 aliphatic carbocycles. The van der Waals surface area contributed by atoms with Gasteiger partial charge in [-0.25, -0.2) is 0 Å². The molecule has 0 bridgehead atoms. The number of unbranched alkanes of at least 4 members (excludes halogenated alkanes) is 5. The number of hydrogen-bond acceptors (Lipinski definition) is 8. The van der Waals surface area contributed by atoms with Crippen molar-refractivity contribution in [3.8, 4) is 0 Å². The predicted octanol–water partition coefficient (Wildman–Crippen LogP) is 2.67. The first-order chi connectivity index (χ1) is 14.3. The van der Waals surface area contributed by atoms with Crippen molar-refractivity contribution in [2.24, 2.45) is 0 Å². The highest BCUT2D eigenvalue weighted by atomic mass is 28.4. The summed E-state index contributed by atoms with van der Waals surface area (Å²) in [6, 6.07) is 0.800. The minimum Gasteiger partial charge on any atom is -0.382 e. The molecule has 1 fully saturated rings. The molecule has 1 atom stereocenters. The van der Waals surface area contributed by atoms with Crippen LogP contribution in [-0.2, 0) is 37.0 Å². The summed E-state index contributed by atoms with van der Waals surface area (Å²) in [5.41, 5.74) is 0. The van der Waals surface area contributed by atoms with E-state index in [1.807, 2.05) is 0 Å². The van der Waals surface area contributed by atoms with Crippen LogP contribution in [0.2, 0.25) is 6.04 Å².